The lowest BCUT2D eigenvalue weighted by atomic mass is 9.98. The molecule has 1 heterocycles. The first-order valence-electron chi connectivity index (χ1n) is 11.4. The first-order valence-corrected chi connectivity index (χ1v) is 11.4. The Morgan fingerprint density at radius 2 is 1.70 bits per heavy atom. The zero-order valence-corrected chi connectivity index (χ0v) is 19.2. The van der Waals surface area contributed by atoms with Crippen LogP contribution in [0.5, 0.6) is 0 Å². The highest BCUT2D eigenvalue weighted by atomic mass is 16.1. The highest BCUT2D eigenvalue weighted by molar-refractivity contribution is 6.08. The maximum atomic E-state index is 13.2. The number of rotatable bonds is 9. The number of benzene rings is 3. The topological polar surface area (TPSA) is 50.2 Å². The molecule has 33 heavy (non-hydrogen) atoms. The van der Waals surface area contributed by atoms with E-state index in [1.807, 2.05) is 53.3 Å². The largest absolute Gasteiger partial charge is 0.322 e. The van der Waals surface area contributed by atoms with Gasteiger partial charge in [-0.05, 0) is 59.6 Å². The third-order valence-corrected chi connectivity index (χ3v) is 5.83. The number of nitrogens with one attached hydrogen (secondary N) is 1. The number of hydrogen-bond acceptors (Lipinski definition) is 3. The summed E-state index contributed by atoms with van der Waals surface area (Å²) in [6, 6.07) is 26.1. The van der Waals surface area contributed by atoms with Crippen molar-refractivity contribution >= 4 is 11.6 Å². The lowest BCUT2D eigenvalue weighted by Gasteiger charge is -2.18. The normalized spacial score (nSPS) is 11.0. The van der Waals surface area contributed by atoms with E-state index in [0.717, 1.165) is 48.6 Å². The van der Waals surface area contributed by atoms with Crippen LogP contribution in [0.4, 0.5) is 5.69 Å². The minimum atomic E-state index is -0.105. The average molecular weight is 439 g/mol. The number of aromatic nitrogens is 2. The van der Waals surface area contributed by atoms with E-state index < -0.39 is 0 Å². The number of amides is 1. The van der Waals surface area contributed by atoms with Gasteiger partial charge in [0.05, 0.1) is 6.54 Å². The van der Waals surface area contributed by atoms with E-state index in [2.05, 4.69) is 65.6 Å². The molecule has 0 spiro atoms. The van der Waals surface area contributed by atoms with Crippen molar-refractivity contribution in [2.24, 2.45) is 0 Å². The SMILES string of the molecule is CCN(CC)Cc1cccc(NC(=O)c2ccccc2-c2ccc(Cn3cccn3)cc2)c1. The monoisotopic (exact) mass is 438 g/mol. The van der Waals surface area contributed by atoms with E-state index >= 15 is 0 Å². The first kappa shape index (κ1) is 22.5. The molecule has 5 nitrogen and oxygen atoms in total. The summed E-state index contributed by atoms with van der Waals surface area (Å²) in [7, 11) is 0. The summed E-state index contributed by atoms with van der Waals surface area (Å²) in [6.07, 6.45) is 3.73. The molecule has 0 aliphatic carbocycles. The highest BCUT2D eigenvalue weighted by Crippen LogP contribution is 2.25. The molecule has 0 bridgehead atoms. The van der Waals surface area contributed by atoms with Crippen LogP contribution in [0.3, 0.4) is 0 Å². The Kier molecular flexibility index (Phi) is 7.33. The van der Waals surface area contributed by atoms with Crippen LogP contribution in [0, 0.1) is 0 Å². The summed E-state index contributed by atoms with van der Waals surface area (Å²) in [5, 5.41) is 7.35. The van der Waals surface area contributed by atoms with E-state index in [9.17, 15) is 4.79 Å². The standard InChI is InChI=1S/C28H30N4O/c1-3-31(4-2)20-23-9-7-10-25(19-23)30-28(33)27-12-6-5-11-26(27)24-15-13-22(14-16-24)21-32-18-8-17-29-32/h5-19H,3-4,20-21H2,1-2H3,(H,30,33). The molecule has 0 aliphatic heterocycles. The van der Waals surface area contributed by atoms with Gasteiger partial charge in [-0.15, -0.1) is 0 Å². The predicted molar refractivity (Wildman–Crippen MR) is 134 cm³/mol. The van der Waals surface area contributed by atoms with Gasteiger partial charge in [0, 0.05) is 30.2 Å². The van der Waals surface area contributed by atoms with Crippen molar-refractivity contribution in [1.29, 1.82) is 0 Å². The number of anilines is 1. The molecule has 4 aromatic rings. The summed E-state index contributed by atoms with van der Waals surface area (Å²) < 4.78 is 1.89. The molecule has 0 radical (unpaired) electrons. The van der Waals surface area contributed by atoms with Crippen LogP contribution >= 0.6 is 0 Å². The maximum Gasteiger partial charge on any atom is 0.256 e. The van der Waals surface area contributed by atoms with Crippen LogP contribution in [-0.4, -0.2) is 33.7 Å². The zero-order valence-electron chi connectivity index (χ0n) is 19.2. The molecule has 0 fully saturated rings. The molecule has 168 valence electrons. The summed E-state index contributed by atoms with van der Waals surface area (Å²) in [5.41, 5.74) is 5.76. The maximum absolute atomic E-state index is 13.2. The van der Waals surface area contributed by atoms with Gasteiger partial charge in [0.15, 0.2) is 0 Å². The van der Waals surface area contributed by atoms with Crippen LogP contribution in [0.15, 0.2) is 91.3 Å². The van der Waals surface area contributed by atoms with E-state index in [1.54, 1.807) is 6.20 Å². The number of nitrogens with zero attached hydrogens (tertiary/aromatic N) is 3. The Balaban J connectivity index is 1.51. The second-order valence-electron chi connectivity index (χ2n) is 8.06. The lowest BCUT2D eigenvalue weighted by molar-refractivity contribution is 0.102. The van der Waals surface area contributed by atoms with Gasteiger partial charge in [-0.2, -0.15) is 5.10 Å². The Labute approximate surface area is 195 Å². The first-order chi connectivity index (χ1) is 16.2. The van der Waals surface area contributed by atoms with E-state index in [1.165, 1.54) is 5.56 Å². The summed E-state index contributed by atoms with van der Waals surface area (Å²) in [5.74, 6) is -0.105. The van der Waals surface area contributed by atoms with Gasteiger partial charge in [0.2, 0.25) is 0 Å². The highest BCUT2D eigenvalue weighted by Gasteiger charge is 2.13. The molecule has 4 rings (SSSR count). The van der Waals surface area contributed by atoms with Gasteiger partial charge in [0.25, 0.3) is 5.91 Å². The van der Waals surface area contributed by atoms with Crippen molar-refractivity contribution in [3.63, 3.8) is 0 Å². The van der Waals surface area contributed by atoms with Crippen molar-refractivity contribution in [2.45, 2.75) is 26.9 Å². The molecule has 3 aromatic carbocycles. The minimum absolute atomic E-state index is 0.105. The molecule has 1 amide bonds. The Hall–Kier alpha value is -3.70. The smallest absolute Gasteiger partial charge is 0.256 e. The summed E-state index contributed by atoms with van der Waals surface area (Å²) in [6.45, 7) is 7.92. The van der Waals surface area contributed by atoms with Crippen molar-refractivity contribution in [1.82, 2.24) is 14.7 Å². The van der Waals surface area contributed by atoms with Crippen LogP contribution in [0.1, 0.15) is 35.3 Å². The Morgan fingerprint density at radius 3 is 2.42 bits per heavy atom. The molecular weight excluding hydrogens is 408 g/mol. The second-order valence-corrected chi connectivity index (χ2v) is 8.06. The van der Waals surface area contributed by atoms with E-state index in [4.69, 9.17) is 0 Å². The van der Waals surface area contributed by atoms with Crippen LogP contribution in [0.25, 0.3) is 11.1 Å². The van der Waals surface area contributed by atoms with E-state index in [-0.39, 0.29) is 5.91 Å². The molecule has 0 aliphatic rings. The predicted octanol–water partition coefficient (Wildman–Crippen LogP) is 5.69. The van der Waals surface area contributed by atoms with Gasteiger partial charge in [-0.1, -0.05) is 68.4 Å². The average Bonchev–Trinajstić information content (AvgIpc) is 3.36. The van der Waals surface area contributed by atoms with Crippen molar-refractivity contribution in [2.75, 3.05) is 18.4 Å². The molecule has 0 saturated carbocycles. The summed E-state index contributed by atoms with van der Waals surface area (Å²) >= 11 is 0. The molecular formula is C28H30N4O. The quantitative estimate of drug-likeness (QED) is 0.365. The Bertz CT molecular complexity index is 1180. The van der Waals surface area contributed by atoms with Crippen molar-refractivity contribution in [3.05, 3.63) is 108 Å². The zero-order chi connectivity index (χ0) is 23.0. The summed E-state index contributed by atoms with van der Waals surface area (Å²) in [4.78, 5) is 15.6. The fraction of sp³-hybridized carbons (Fsp3) is 0.214. The number of carbonyl (C=O) groups excluding carboxylic acids is 1. The van der Waals surface area contributed by atoms with Crippen molar-refractivity contribution < 1.29 is 4.79 Å². The fourth-order valence-electron chi connectivity index (χ4n) is 3.95. The van der Waals surface area contributed by atoms with Gasteiger partial charge >= 0.3 is 0 Å². The number of carbonyl (C=O) groups is 1. The molecule has 0 unspecified atom stereocenters. The van der Waals surface area contributed by atoms with Gasteiger partial charge < -0.3 is 5.32 Å². The minimum Gasteiger partial charge on any atom is -0.322 e. The molecule has 5 heteroatoms. The van der Waals surface area contributed by atoms with Gasteiger partial charge in [-0.3, -0.25) is 14.4 Å². The molecule has 0 saturated heterocycles. The lowest BCUT2D eigenvalue weighted by Crippen LogP contribution is -2.22. The molecule has 1 N–H and O–H groups in total. The van der Waals surface area contributed by atoms with Crippen LogP contribution < -0.4 is 5.32 Å². The molecule has 1 aromatic heterocycles. The van der Waals surface area contributed by atoms with Crippen molar-refractivity contribution in [3.8, 4) is 11.1 Å². The van der Waals surface area contributed by atoms with Crippen LogP contribution in [-0.2, 0) is 13.1 Å². The fourth-order valence-corrected chi connectivity index (χ4v) is 3.95. The van der Waals surface area contributed by atoms with E-state index in [0.29, 0.717) is 5.56 Å². The third kappa shape index (κ3) is 5.76. The molecule has 0 atom stereocenters. The third-order valence-electron chi connectivity index (χ3n) is 5.83. The second kappa shape index (κ2) is 10.7. The number of hydrogen-bond donors (Lipinski definition) is 1. The van der Waals surface area contributed by atoms with Crippen LogP contribution in [0.2, 0.25) is 0 Å². The van der Waals surface area contributed by atoms with Gasteiger partial charge in [-0.25, -0.2) is 0 Å². The Morgan fingerprint density at radius 1 is 0.909 bits per heavy atom. The van der Waals surface area contributed by atoms with Gasteiger partial charge in [0.1, 0.15) is 0 Å².